The van der Waals surface area contributed by atoms with Crippen LogP contribution in [0.3, 0.4) is 0 Å². The molecule has 0 saturated heterocycles. The van der Waals surface area contributed by atoms with Crippen LogP contribution in [0.1, 0.15) is 19.3 Å². The first-order chi connectivity index (χ1) is 10.3. The zero-order chi connectivity index (χ0) is 16.1. The Morgan fingerprint density at radius 1 is 1.14 bits per heavy atom. The minimum absolute atomic E-state index is 0.0108. The Morgan fingerprint density at radius 2 is 1.68 bits per heavy atom. The van der Waals surface area contributed by atoms with Crippen molar-refractivity contribution in [2.45, 2.75) is 29.9 Å². The first kappa shape index (κ1) is 15.1. The van der Waals surface area contributed by atoms with Crippen molar-refractivity contribution in [3.8, 4) is 0 Å². The van der Waals surface area contributed by atoms with Gasteiger partial charge in [0.15, 0.2) is 0 Å². The average molecular weight is 329 g/mol. The molecule has 3 aliphatic rings. The van der Waals surface area contributed by atoms with E-state index >= 15 is 0 Å². The molecule has 0 radical (unpaired) electrons. The molecule has 0 heterocycles. The summed E-state index contributed by atoms with van der Waals surface area (Å²) in [6.45, 7) is 0. The Kier molecular flexibility index (Phi) is 3.32. The van der Waals surface area contributed by atoms with Gasteiger partial charge in [0, 0.05) is 10.6 Å². The molecule has 0 spiro atoms. The molecular formula is C14H13F2NO4S. The highest BCUT2D eigenvalue weighted by Crippen LogP contribution is 2.73. The maximum Gasteiger partial charge on any atom is 0.316 e. The second-order valence-electron chi connectivity index (χ2n) is 5.93. The van der Waals surface area contributed by atoms with E-state index in [1.807, 2.05) is 0 Å². The number of carboxylic acid groups (broad SMARTS) is 1. The largest absolute Gasteiger partial charge is 0.481 e. The van der Waals surface area contributed by atoms with Gasteiger partial charge in [-0.25, -0.2) is 4.21 Å². The third kappa shape index (κ3) is 2.13. The zero-order valence-electron chi connectivity index (χ0n) is 11.3. The lowest BCUT2D eigenvalue weighted by Crippen LogP contribution is -2.69. The lowest BCUT2D eigenvalue weighted by molar-refractivity contribution is -0.217. The second-order valence-corrected chi connectivity index (χ2v) is 7.36. The molecule has 3 saturated carbocycles. The van der Waals surface area contributed by atoms with Crippen LogP contribution < -0.4 is 5.32 Å². The smallest absolute Gasteiger partial charge is 0.316 e. The summed E-state index contributed by atoms with van der Waals surface area (Å²) >= 11 is 0. The van der Waals surface area contributed by atoms with E-state index in [0.29, 0.717) is 24.9 Å². The Morgan fingerprint density at radius 3 is 2.14 bits per heavy atom. The summed E-state index contributed by atoms with van der Waals surface area (Å²) in [4.78, 5) is 23.2. The van der Waals surface area contributed by atoms with Crippen LogP contribution in [0.5, 0.6) is 0 Å². The van der Waals surface area contributed by atoms with Crippen LogP contribution in [0, 0.1) is 10.8 Å². The minimum atomic E-state index is -2.95. The predicted octanol–water partition coefficient (Wildman–Crippen LogP) is 2.21. The molecular weight excluding hydrogens is 316 g/mol. The molecule has 2 bridgehead atoms. The Hall–Kier alpha value is -1.83. The Bertz CT molecular complexity index is 654. The van der Waals surface area contributed by atoms with Crippen LogP contribution in [-0.4, -0.2) is 26.9 Å². The van der Waals surface area contributed by atoms with E-state index < -0.39 is 33.4 Å². The van der Waals surface area contributed by atoms with Crippen molar-refractivity contribution in [2.75, 3.05) is 5.32 Å². The minimum Gasteiger partial charge on any atom is -0.481 e. The molecule has 118 valence electrons. The number of alkyl halides is 2. The van der Waals surface area contributed by atoms with Gasteiger partial charge in [0.25, 0.3) is 0 Å². The highest BCUT2D eigenvalue weighted by atomic mass is 32.2. The number of carboxylic acids is 1. The molecule has 1 atom stereocenters. The number of hydrogen-bond acceptors (Lipinski definition) is 3. The van der Waals surface area contributed by atoms with Crippen molar-refractivity contribution in [3.05, 3.63) is 24.3 Å². The molecule has 3 fully saturated rings. The van der Waals surface area contributed by atoms with Crippen molar-refractivity contribution in [2.24, 2.45) is 10.8 Å². The summed E-state index contributed by atoms with van der Waals surface area (Å²) in [5, 5.41) is 11.7. The number of carbonyl (C=O) groups is 2. The molecule has 3 aliphatic carbocycles. The van der Waals surface area contributed by atoms with E-state index in [0.717, 1.165) is 0 Å². The number of aliphatic carboxylic acids is 1. The number of benzene rings is 1. The zero-order valence-corrected chi connectivity index (χ0v) is 12.2. The fourth-order valence-electron chi connectivity index (χ4n) is 3.29. The fourth-order valence-corrected chi connectivity index (χ4v) is 3.90. The molecule has 8 heteroatoms. The summed E-state index contributed by atoms with van der Waals surface area (Å²) in [5.74, 6) is -4.06. The van der Waals surface area contributed by atoms with E-state index in [1.54, 1.807) is 0 Å². The van der Waals surface area contributed by atoms with E-state index in [2.05, 4.69) is 5.32 Å². The maximum atomic E-state index is 12.3. The number of carbonyl (C=O) groups excluding carboxylic acids is 1. The summed E-state index contributed by atoms with van der Waals surface area (Å²) in [5.41, 5.74) is -0.924. The standard InChI is InChI=1S/C14H13F2NO4S/c15-12(16)22(21)9-3-1-8(2-4-9)17-10(18)13-5-14(6-13,7-13)11(19)20/h1-4,12H,5-7H2,(H,17,18)(H,19,20). The molecule has 4 rings (SSSR count). The Labute approximate surface area is 127 Å². The molecule has 0 aromatic heterocycles. The molecule has 22 heavy (non-hydrogen) atoms. The van der Waals surface area contributed by atoms with E-state index in [1.165, 1.54) is 24.3 Å². The van der Waals surface area contributed by atoms with Gasteiger partial charge in [0.2, 0.25) is 5.91 Å². The van der Waals surface area contributed by atoms with Gasteiger partial charge < -0.3 is 10.4 Å². The van der Waals surface area contributed by atoms with Gasteiger partial charge in [-0.3, -0.25) is 9.59 Å². The summed E-state index contributed by atoms with van der Waals surface area (Å²) in [6, 6.07) is 5.37. The molecule has 1 aromatic carbocycles. The van der Waals surface area contributed by atoms with Gasteiger partial charge in [-0.1, -0.05) is 0 Å². The maximum absolute atomic E-state index is 12.3. The van der Waals surface area contributed by atoms with Gasteiger partial charge in [-0.05, 0) is 43.5 Å². The lowest BCUT2D eigenvalue weighted by Gasteiger charge is -2.66. The van der Waals surface area contributed by atoms with Crippen LogP contribution in [-0.2, 0) is 20.4 Å². The average Bonchev–Trinajstić information content (AvgIpc) is 2.34. The summed E-state index contributed by atoms with van der Waals surface area (Å²) < 4.78 is 35.9. The first-order valence-corrected chi connectivity index (χ1v) is 7.83. The van der Waals surface area contributed by atoms with E-state index in [9.17, 15) is 22.6 Å². The second kappa shape index (κ2) is 4.84. The normalized spacial score (nSPS) is 30.1. The first-order valence-electron chi connectivity index (χ1n) is 6.62. The third-order valence-electron chi connectivity index (χ3n) is 4.47. The van der Waals surface area contributed by atoms with Crippen molar-refractivity contribution in [3.63, 3.8) is 0 Å². The van der Waals surface area contributed by atoms with Gasteiger partial charge in [0.05, 0.1) is 10.8 Å². The van der Waals surface area contributed by atoms with Crippen LogP contribution in [0.2, 0.25) is 0 Å². The number of halogens is 2. The van der Waals surface area contributed by atoms with Crippen molar-refractivity contribution < 1.29 is 27.7 Å². The van der Waals surface area contributed by atoms with Crippen molar-refractivity contribution in [1.29, 1.82) is 0 Å². The number of hydrogen-bond donors (Lipinski definition) is 2. The van der Waals surface area contributed by atoms with E-state index in [-0.39, 0.29) is 10.8 Å². The van der Waals surface area contributed by atoms with Gasteiger partial charge in [-0.15, -0.1) is 0 Å². The van der Waals surface area contributed by atoms with Gasteiger partial charge >= 0.3 is 11.7 Å². The fraction of sp³-hybridized carbons (Fsp3) is 0.429. The molecule has 1 unspecified atom stereocenters. The topological polar surface area (TPSA) is 83.5 Å². The van der Waals surface area contributed by atoms with Crippen LogP contribution >= 0.6 is 0 Å². The number of amides is 1. The summed E-state index contributed by atoms with van der Waals surface area (Å²) in [6.07, 6.45) is 1.03. The van der Waals surface area contributed by atoms with Crippen LogP contribution in [0.25, 0.3) is 0 Å². The highest BCUT2D eigenvalue weighted by Gasteiger charge is 2.75. The number of rotatable bonds is 5. The molecule has 5 nitrogen and oxygen atoms in total. The predicted molar refractivity (Wildman–Crippen MR) is 73.8 cm³/mol. The number of anilines is 1. The Balaban J connectivity index is 1.62. The molecule has 0 aliphatic heterocycles. The van der Waals surface area contributed by atoms with Gasteiger partial charge in [0.1, 0.15) is 10.8 Å². The van der Waals surface area contributed by atoms with Crippen LogP contribution in [0.4, 0.5) is 14.5 Å². The molecule has 2 N–H and O–H groups in total. The highest BCUT2D eigenvalue weighted by molar-refractivity contribution is 7.85. The molecule has 1 amide bonds. The van der Waals surface area contributed by atoms with Crippen molar-refractivity contribution >= 4 is 28.4 Å². The third-order valence-corrected chi connectivity index (χ3v) is 5.53. The quantitative estimate of drug-likeness (QED) is 0.867. The SMILES string of the molecule is O=C(O)C12CC(C(=O)Nc3ccc(S(=O)C(F)F)cc3)(C1)C2. The number of nitrogens with one attached hydrogen (secondary N) is 1. The van der Waals surface area contributed by atoms with Crippen LogP contribution in [0.15, 0.2) is 29.2 Å². The summed E-state index contributed by atoms with van der Waals surface area (Å²) in [7, 11) is -2.38. The van der Waals surface area contributed by atoms with Crippen molar-refractivity contribution in [1.82, 2.24) is 0 Å². The lowest BCUT2D eigenvalue weighted by atomic mass is 9.35. The monoisotopic (exact) mass is 329 g/mol. The van der Waals surface area contributed by atoms with Gasteiger partial charge in [-0.2, -0.15) is 8.78 Å². The molecule has 1 aromatic rings. The van der Waals surface area contributed by atoms with E-state index in [4.69, 9.17) is 5.11 Å².